The number of aryl methyl sites for hydroxylation is 2. The number of unbranched alkanes of at least 4 members (excludes halogenated alkanes) is 3. The summed E-state index contributed by atoms with van der Waals surface area (Å²) in [6.45, 7) is 6.57. The Labute approximate surface area is 199 Å². The Bertz CT molecular complexity index is 1250. The number of aromatic nitrogens is 1. The highest BCUT2D eigenvalue weighted by Crippen LogP contribution is 2.27. The topological polar surface area (TPSA) is 97.6 Å². The molecule has 0 fully saturated rings. The molecule has 7 nitrogen and oxygen atoms in total. The lowest BCUT2D eigenvalue weighted by Gasteiger charge is -2.15. The fraction of sp³-hybridized carbons (Fsp3) is 0.370. The lowest BCUT2D eigenvalue weighted by atomic mass is 10.1. The molecule has 0 radical (unpaired) electrons. The summed E-state index contributed by atoms with van der Waals surface area (Å²) in [7, 11) is 0. The first-order chi connectivity index (χ1) is 16.4. The minimum atomic E-state index is -0.728. The Morgan fingerprint density at radius 1 is 1.03 bits per heavy atom. The average molecular weight is 465 g/mol. The van der Waals surface area contributed by atoms with E-state index in [9.17, 15) is 19.5 Å². The van der Waals surface area contributed by atoms with Gasteiger partial charge in [-0.15, -0.1) is 0 Å². The first-order valence-electron chi connectivity index (χ1n) is 11.8. The predicted molar refractivity (Wildman–Crippen MR) is 134 cm³/mol. The van der Waals surface area contributed by atoms with E-state index < -0.39 is 17.4 Å². The molecule has 0 unspecified atom stereocenters. The molecule has 3 rings (SSSR count). The smallest absolute Gasteiger partial charge is 0.338 e. The van der Waals surface area contributed by atoms with E-state index in [1.165, 1.54) is 6.07 Å². The molecule has 0 bridgehead atoms. The third kappa shape index (κ3) is 5.65. The van der Waals surface area contributed by atoms with Gasteiger partial charge in [0, 0.05) is 17.6 Å². The molecule has 2 aromatic carbocycles. The summed E-state index contributed by atoms with van der Waals surface area (Å²) < 4.78 is 6.75. The van der Waals surface area contributed by atoms with Gasteiger partial charge in [-0.25, -0.2) is 4.79 Å². The highest BCUT2D eigenvalue weighted by molar-refractivity contribution is 6.09. The number of anilines is 1. The number of amides is 1. The van der Waals surface area contributed by atoms with E-state index in [1.54, 1.807) is 47.9 Å². The standard InChI is InChI=1S/C27H32N2O5/c1-4-6-7-10-13-29-22-12-9-8-11-21(22)24(30)23(26(29)32)25(31)28-20-16-18(3)15-19(17-20)27(33)34-14-5-2/h8-9,11-12,15-17,30H,4-7,10,13-14H2,1-3H3,(H,28,31). The van der Waals surface area contributed by atoms with Crippen LogP contribution >= 0.6 is 0 Å². The molecular weight excluding hydrogens is 432 g/mol. The van der Waals surface area contributed by atoms with Crippen LogP contribution in [0.1, 0.15) is 72.2 Å². The SMILES string of the molecule is CCCCCCn1c(=O)c(C(=O)Nc2cc(C)cc(C(=O)OCCC)c2)c(O)c2ccccc21. The predicted octanol–water partition coefficient (Wildman–Crippen LogP) is 5.41. The Morgan fingerprint density at radius 3 is 2.53 bits per heavy atom. The van der Waals surface area contributed by atoms with E-state index >= 15 is 0 Å². The number of pyridine rings is 1. The van der Waals surface area contributed by atoms with Crippen LogP contribution < -0.4 is 10.9 Å². The van der Waals surface area contributed by atoms with Gasteiger partial charge in [0.2, 0.25) is 0 Å². The second-order valence-corrected chi connectivity index (χ2v) is 8.44. The number of hydrogen-bond acceptors (Lipinski definition) is 5. The van der Waals surface area contributed by atoms with Crippen molar-refractivity contribution < 1.29 is 19.4 Å². The van der Waals surface area contributed by atoms with Gasteiger partial charge < -0.3 is 19.7 Å². The maximum absolute atomic E-state index is 13.3. The number of carbonyl (C=O) groups excluding carboxylic acids is 2. The van der Waals surface area contributed by atoms with Crippen LogP contribution in [-0.2, 0) is 11.3 Å². The van der Waals surface area contributed by atoms with Crippen LogP contribution in [0.4, 0.5) is 5.69 Å². The number of nitrogens with one attached hydrogen (secondary N) is 1. The van der Waals surface area contributed by atoms with Gasteiger partial charge in [0.05, 0.1) is 17.7 Å². The van der Waals surface area contributed by atoms with Crippen LogP contribution in [0.3, 0.4) is 0 Å². The molecule has 7 heteroatoms. The number of fused-ring (bicyclic) bond motifs is 1. The average Bonchev–Trinajstić information content (AvgIpc) is 2.81. The van der Waals surface area contributed by atoms with Gasteiger partial charge in [-0.05, 0) is 55.7 Å². The highest BCUT2D eigenvalue weighted by Gasteiger charge is 2.22. The van der Waals surface area contributed by atoms with Crippen LogP contribution in [0.25, 0.3) is 10.9 Å². The second kappa shape index (κ2) is 11.5. The highest BCUT2D eigenvalue weighted by atomic mass is 16.5. The van der Waals surface area contributed by atoms with Crippen LogP contribution in [0, 0.1) is 6.92 Å². The van der Waals surface area contributed by atoms with Gasteiger partial charge in [0.25, 0.3) is 11.5 Å². The molecule has 0 saturated heterocycles. The summed E-state index contributed by atoms with van der Waals surface area (Å²) in [5.41, 5.74) is 1.13. The summed E-state index contributed by atoms with van der Waals surface area (Å²) in [4.78, 5) is 38.8. The quantitative estimate of drug-likeness (QED) is 0.309. The second-order valence-electron chi connectivity index (χ2n) is 8.44. The lowest BCUT2D eigenvalue weighted by molar-refractivity contribution is 0.0505. The van der Waals surface area contributed by atoms with Crippen molar-refractivity contribution in [3.63, 3.8) is 0 Å². The normalized spacial score (nSPS) is 10.9. The molecule has 1 heterocycles. The maximum atomic E-state index is 13.3. The molecule has 0 spiro atoms. The summed E-state index contributed by atoms with van der Waals surface area (Å²) in [6, 6.07) is 11.9. The zero-order chi connectivity index (χ0) is 24.7. The molecule has 0 aliphatic rings. The number of para-hydroxylation sites is 1. The molecule has 0 aliphatic heterocycles. The van der Waals surface area contributed by atoms with E-state index in [4.69, 9.17) is 4.74 Å². The Morgan fingerprint density at radius 2 is 1.79 bits per heavy atom. The van der Waals surface area contributed by atoms with Gasteiger partial charge in [0.1, 0.15) is 11.3 Å². The third-order valence-corrected chi connectivity index (χ3v) is 5.62. The summed E-state index contributed by atoms with van der Waals surface area (Å²) in [5, 5.41) is 14.0. The molecule has 1 amide bonds. The van der Waals surface area contributed by atoms with E-state index in [0.717, 1.165) is 31.2 Å². The zero-order valence-corrected chi connectivity index (χ0v) is 20.0. The number of benzene rings is 2. The van der Waals surface area contributed by atoms with Crippen LogP contribution in [0.2, 0.25) is 0 Å². The van der Waals surface area contributed by atoms with E-state index in [2.05, 4.69) is 12.2 Å². The summed E-state index contributed by atoms with van der Waals surface area (Å²) >= 11 is 0. The van der Waals surface area contributed by atoms with Gasteiger partial charge in [-0.2, -0.15) is 0 Å². The number of rotatable bonds is 10. The first kappa shape index (κ1) is 25.0. The van der Waals surface area contributed by atoms with Crippen LogP contribution in [0.5, 0.6) is 5.75 Å². The van der Waals surface area contributed by atoms with Gasteiger partial charge >= 0.3 is 5.97 Å². The number of ether oxygens (including phenoxy) is 1. The van der Waals surface area contributed by atoms with Crippen molar-refractivity contribution in [2.45, 2.75) is 59.4 Å². The van der Waals surface area contributed by atoms with E-state index in [-0.39, 0.29) is 11.3 Å². The fourth-order valence-corrected chi connectivity index (χ4v) is 3.96. The Kier molecular flexibility index (Phi) is 8.46. The maximum Gasteiger partial charge on any atom is 0.338 e. The molecule has 0 saturated carbocycles. The molecule has 34 heavy (non-hydrogen) atoms. The first-order valence-corrected chi connectivity index (χ1v) is 11.8. The van der Waals surface area contributed by atoms with Crippen molar-refractivity contribution in [1.29, 1.82) is 0 Å². The Balaban J connectivity index is 1.97. The zero-order valence-electron chi connectivity index (χ0n) is 20.0. The molecule has 1 aromatic heterocycles. The third-order valence-electron chi connectivity index (χ3n) is 5.62. The molecule has 2 N–H and O–H groups in total. The van der Waals surface area contributed by atoms with Crippen molar-refractivity contribution in [1.82, 2.24) is 4.57 Å². The number of carbonyl (C=O) groups is 2. The molecule has 0 atom stereocenters. The number of nitrogens with zero attached hydrogens (tertiary/aromatic N) is 1. The van der Waals surface area contributed by atoms with Gasteiger partial charge in [-0.1, -0.05) is 45.2 Å². The van der Waals surface area contributed by atoms with Crippen molar-refractivity contribution in [2.75, 3.05) is 11.9 Å². The molecule has 3 aromatic rings. The summed E-state index contributed by atoms with van der Waals surface area (Å²) in [6.07, 6.45) is 4.61. The van der Waals surface area contributed by atoms with E-state index in [1.807, 2.05) is 6.92 Å². The Hall–Kier alpha value is -3.61. The van der Waals surface area contributed by atoms with Crippen molar-refractivity contribution >= 4 is 28.5 Å². The number of aromatic hydroxyl groups is 1. The molecule has 0 aliphatic carbocycles. The number of hydrogen-bond donors (Lipinski definition) is 2. The number of esters is 1. The van der Waals surface area contributed by atoms with Gasteiger partial charge in [-0.3, -0.25) is 9.59 Å². The van der Waals surface area contributed by atoms with Crippen LogP contribution in [0.15, 0.2) is 47.3 Å². The fourth-order valence-electron chi connectivity index (χ4n) is 3.96. The minimum Gasteiger partial charge on any atom is -0.506 e. The minimum absolute atomic E-state index is 0.303. The van der Waals surface area contributed by atoms with Crippen molar-refractivity contribution in [3.05, 3.63) is 69.5 Å². The van der Waals surface area contributed by atoms with Crippen LogP contribution in [-0.4, -0.2) is 28.2 Å². The van der Waals surface area contributed by atoms with Crippen molar-refractivity contribution in [3.8, 4) is 5.75 Å². The van der Waals surface area contributed by atoms with Gasteiger partial charge in [0.15, 0.2) is 0 Å². The lowest BCUT2D eigenvalue weighted by Crippen LogP contribution is -2.30. The van der Waals surface area contributed by atoms with E-state index in [0.29, 0.717) is 41.7 Å². The largest absolute Gasteiger partial charge is 0.506 e. The summed E-state index contributed by atoms with van der Waals surface area (Å²) in [5.74, 6) is -1.56. The monoisotopic (exact) mass is 464 g/mol. The van der Waals surface area contributed by atoms with Crippen molar-refractivity contribution in [2.24, 2.45) is 0 Å². The molecular formula is C27H32N2O5. The molecule has 180 valence electrons.